The molecule has 0 saturated carbocycles. The van der Waals surface area contributed by atoms with Gasteiger partial charge in [-0.2, -0.15) is 0 Å². The van der Waals surface area contributed by atoms with Crippen LogP contribution in [0.5, 0.6) is 0 Å². The molecular weight excluding hydrogens is 246 g/mol. The van der Waals surface area contributed by atoms with Gasteiger partial charge in [-0.25, -0.2) is 0 Å². The summed E-state index contributed by atoms with van der Waals surface area (Å²) in [6, 6.07) is 8.09. The van der Waals surface area contributed by atoms with Crippen molar-refractivity contribution in [3.05, 3.63) is 52.3 Å². The molecule has 1 aromatic carbocycles. The van der Waals surface area contributed by atoms with Crippen molar-refractivity contribution in [3.8, 4) is 5.69 Å². The highest BCUT2D eigenvalue weighted by Gasteiger charge is 2.22. The van der Waals surface area contributed by atoms with Crippen molar-refractivity contribution in [2.75, 3.05) is 0 Å². The summed E-state index contributed by atoms with van der Waals surface area (Å²) < 4.78 is 2.11. The molecule has 0 aliphatic heterocycles. The number of aliphatic hydroxyl groups excluding tert-OH is 1. The van der Waals surface area contributed by atoms with Crippen molar-refractivity contribution in [1.82, 2.24) is 4.57 Å². The number of aromatic nitrogens is 1. The van der Waals surface area contributed by atoms with Gasteiger partial charge in [0.1, 0.15) is 0 Å². The molecule has 3 rings (SSSR count). The molecular formula is C15H16ClNO. The Bertz CT molecular complexity index is 588. The van der Waals surface area contributed by atoms with Gasteiger partial charge in [-0.1, -0.05) is 17.7 Å². The second-order valence-corrected chi connectivity index (χ2v) is 5.36. The summed E-state index contributed by atoms with van der Waals surface area (Å²) in [7, 11) is 0. The molecule has 1 unspecified atom stereocenters. The van der Waals surface area contributed by atoms with Crippen molar-refractivity contribution < 1.29 is 5.11 Å². The summed E-state index contributed by atoms with van der Waals surface area (Å²) >= 11 is 6.32. The van der Waals surface area contributed by atoms with E-state index in [-0.39, 0.29) is 6.10 Å². The topological polar surface area (TPSA) is 25.2 Å². The van der Waals surface area contributed by atoms with E-state index in [4.69, 9.17) is 11.6 Å². The SMILES string of the molecule is Cc1ccc(-n2ccc3c2CCCC3O)c(Cl)c1. The molecule has 0 saturated heterocycles. The average molecular weight is 262 g/mol. The number of halogens is 1. The number of aliphatic hydroxyl groups is 1. The van der Waals surface area contributed by atoms with Crippen molar-refractivity contribution in [2.24, 2.45) is 0 Å². The summed E-state index contributed by atoms with van der Waals surface area (Å²) in [5, 5.41) is 10.7. The Morgan fingerprint density at radius 2 is 2.17 bits per heavy atom. The summed E-state index contributed by atoms with van der Waals surface area (Å²) in [6.45, 7) is 2.03. The maximum absolute atomic E-state index is 9.99. The van der Waals surface area contributed by atoms with Crippen LogP contribution < -0.4 is 0 Å². The Morgan fingerprint density at radius 1 is 1.33 bits per heavy atom. The van der Waals surface area contributed by atoms with Gasteiger partial charge in [-0.05, 0) is 49.9 Å². The number of hydrogen-bond donors (Lipinski definition) is 1. The Balaban J connectivity index is 2.12. The minimum absolute atomic E-state index is 0.320. The lowest BCUT2D eigenvalue weighted by Gasteiger charge is -2.20. The van der Waals surface area contributed by atoms with Crippen LogP contribution in [0.4, 0.5) is 0 Å². The number of fused-ring (bicyclic) bond motifs is 1. The van der Waals surface area contributed by atoms with E-state index in [1.165, 1.54) is 5.69 Å². The molecule has 94 valence electrons. The van der Waals surface area contributed by atoms with Crippen LogP contribution in [0, 0.1) is 6.92 Å². The molecule has 1 heterocycles. The van der Waals surface area contributed by atoms with E-state index in [9.17, 15) is 5.11 Å². The van der Waals surface area contributed by atoms with Crippen molar-refractivity contribution in [1.29, 1.82) is 0 Å². The molecule has 2 nitrogen and oxygen atoms in total. The van der Waals surface area contributed by atoms with Gasteiger partial charge in [-0.15, -0.1) is 0 Å². The van der Waals surface area contributed by atoms with E-state index < -0.39 is 0 Å². The lowest BCUT2D eigenvalue weighted by atomic mass is 9.95. The van der Waals surface area contributed by atoms with E-state index in [1.807, 2.05) is 31.3 Å². The Hall–Kier alpha value is -1.25. The average Bonchev–Trinajstić information content (AvgIpc) is 2.74. The first-order chi connectivity index (χ1) is 8.66. The molecule has 1 N–H and O–H groups in total. The third kappa shape index (κ3) is 1.86. The monoisotopic (exact) mass is 261 g/mol. The zero-order valence-corrected chi connectivity index (χ0v) is 11.1. The summed E-state index contributed by atoms with van der Waals surface area (Å²) in [6.07, 6.45) is 4.58. The molecule has 0 bridgehead atoms. The van der Waals surface area contributed by atoms with Crippen molar-refractivity contribution >= 4 is 11.6 Å². The first-order valence-corrected chi connectivity index (χ1v) is 6.69. The molecule has 0 radical (unpaired) electrons. The predicted octanol–water partition coefficient (Wildman–Crippen LogP) is 3.81. The lowest BCUT2D eigenvalue weighted by Crippen LogP contribution is -2.11. The Kier molecular flexibility index (Phi) is 2.92. The first-order valence-electron chi connectivity index (χ1n) is 6.31. The van der Waals surface area contributed by atoms with Crippen LogP contribution >= 0.6 is 11.6 Å². The molecule has 18 heavy (non-hydrogen) atoms. The molecule has 2 aromatic rings. The molecule has 0 spiro atoms. The Morgan fingerprint density at radius 3 is 2.94 bits per heavy atom. The molecule has 1 aliphatic rings. The van der Waals surface area contributed by atoms with Crippen molar-refractivity contribution in [2.45, 2.75) is 32.3 Å². The van der Waals surface area contributed by atoms with Crippen LogP contribution in [0.2, 0.25) is 5.02 Å². The molecule has 1 atom stereocenters. The van der Waals surface area contributed by atoms with Gasteiger partial charge >= 0.3 is 0 Å². The molecule has 3 heteroatoms. The highest BCUT2D eigenvalue weighted by Crippen LogP contribution is 2.33. The van der Waals surface area contributed by atoms with Crippen LogP contribution in [-0.2, 0) is 6.42 Å². The number of nitrogens with zero attached hydrogens (tertiary/aromatic N) is 1. The lowest BCUT2D eigenvalue weighted by molar-refractivity contribution is 0.156. The minimum atomic E-state index is -0.320. The third-order valence-electron chi connectivity index (χ3n) is 3.64. The van der Waals surface area contributed by atoms with Gasteiger partial charge in [0.05, 0.1) is 16.8 Å². The maximum atomic E-state index is 9.99. The predicted molar refractivity (Wildman–Crippen MR) is 73.4 cm³/mol. The second kappa shape index (κ2) is 4.45. The zero-order chi connectivity index (χ0) is 12.7. The van der Waals surface area contributed by atoms with Gasteiger partial charge in [0.2, 0.25) is 0 Å². The van der Waals surface area contributed by atoms with E-state index in [0.29, 0.717) is 0 Å². The second-order valence-electron chi connectivity index (χ2n) is 4.95. The Labute approximate surface area is 112 Å². The number of benzene rings is 1. The fraction of sp³-hybridized carbons (Fsp3) is 0.333. The fourth-order valence-corrected chi connectivity index (χ4v) is 3.03. The van der Waals surface area contributed by atoms with Crippen LogP contribution in [-0.4, -0.2) is 9.67 Å². The number of hydrogen-bond acceptors (Lipinski definition) is 1. The minimum Gasteiger partial charge on any atom is -0.388 e. The van der Waals surface area contributed by atoms with E-state index >= 15 is 0 Å². The van der Waals surface area contributed by atoms with E-state index in [0.717, 1.165) is 41.1 Å². The zero-order valence-electron chi connectivity index (χ0n) is 10.4. The fourth-order valence-electron chi connectivity index (χ4n) is 2.70. The van der Waals surface area contributed by atoms with E-state index in [2.05, 4.69) is 10.6 Å². The summed E-state index contributed by atoms with van der Waals surface area (Å²) in [4.78, 5) is 0. The van der Waals surface area contributed by atoms with Crippen LogP contribution in [0.25, 0.3) is 5.69 Å². The molecule has 0 fully saturated rings. The highest BCUT2D eigenvalue weighted by atomic mass is 35.5. The van der Waals surface area contributed by atoms with Crippen LogP contribution in [0.3, 0.4) is 0 Å². The largest absolute Gasteiger partial charge is 0.388 e. The van der Waals surface area contributed by atoms with Crippen molar-refractivity contribution in [3.63, 3.8) is 0 Å². The van der Waals surface area contributed by atoms with Gasteiger partial charge in [0.15, 0.2) is 0 Å². The molecule has 1 aromatic heterocycles. The first kappa shape index (κ1) is 11.8. The van der Waals surface area contributed by atoms with Gasteiger partial charge in [0.25, 0.3) is 0 Å². The smallest absolute Gasteiger partial charge is 0.0807 e. The van der Waals surface area contributed by atoms with Crippen LogP contribution in [0.15, 0.2) is 30.5 Å². The normalized spacial score (nSPS) is 18.7. The van der Waals surface area contributed by atoms with Crippen LogP contribution in [0.1, 0.15) is 35.8 Å². The van der Waals surface area contributed by atoms with Gasteiger partial charge < -0.3 is 9.67 Å². The maximum Gasteiger partial charge on any atom is 0.0807 e. The number of aryl methyl sites for hydroxylation is 1. The van der Waals surface area contributed by atoms with Gasteiger partial charge in [0, 0.05) is 17.5 Å². The third-order valence-corrected chi connectivity index (χ3v) is 3.94. The highest BCUT2D eigenvalue weighted by molar-refractivity contribution is 6.32. The quantitative estimate of drug-likeness (QED) is 0.830. The summed E-state index contributed by atoms with van der Waals surface area (Å²) in [5.41, 5.74) is 4.40. The number of rotatable bonds is 1. The van der Waals surface area contributed by atoms with E-state index in [1.54, 1.807) is 0 Å². The summed E-state index contributed by atoms with van der Waals surface area (Å²) in [5.74, 6) is 0. The standard InChI is InChI=1S/C15H16ClNO/c1-10-5-6-14(12(16)9-10)17-8-7-11-13(17)3-2-4-15(11)18/h5-9,15,18H,2-4H2,1H3. The molecule has 0 amide bonds. The van der Waals surface area contributed by atoms with Gasteiger partial charge in [-0.3, -0.25) is 0 Å². The molecule has 1 aliphatic carbocycles.